The van der Waals surface area contributed by atoms with Crippen molar-refractivity contribution in [2.24, 2.45) is 0 Å². The van der Waals surface area contributed by atoms with Gasteiger partial charge in [0.1, 0.15) is 18.3 Å². The zero-order valence-electron chi connectivity index (χ0n) is 12.7. The van der Waals surface area contributed by atoms with E-state index in [1.165, 1.54) is 0 Å². The zero-order chi connectivity index (χ0) is 16.7. The molecule has 3 amide bonds. The van der Waals surface area contributed by atoms with E-state index in [2.05, 4.69) is 21.9 Å². The van der Waals surface area contributed by atoms with E-state index >= 15 is 0 Å². The van der Waals surface area contributed by atoms with Crippen LogP contribution >= 0.6 is 0 Å². The summed E-state index contributed by atoms with van der Waals surface area (Å²) >= 11 is 0. The Bertz CT molecular complexity index is 435. The minimum absolute atomic E-state index is 0.0207. The molecule has 0 spiro atoms. The number of rotatable bonds is 6. The first-order chi connectivity index (χ1) is 10.3. The van der Waals surface area contributed by atoms with Crippen LogP contribution in [0, 0.1) is 12.3 Å². The van der Waals surface area contributed by atoms with Crippen LogP contribution in [0.15, 0.2) is 0 Å². The molecule has 0 aromatic carbocycles. The molecule has 0 aliphatic carbocycles. The zero-order valence-corrected chi connectivity index (χ0v) is 12.7. The molecule has 0 aromatic rings. The Labute approximate surface area is 129 Å². The molecule has 0 bridgehead atoms. The lowest BCUT2D eigenvalue weighted by atomic mass is 10.1. The monoisotopic (exact) mass is 313 g/mol. The predicted octanol–water partition coefficient (Wildman–Crippen LogP) is -1.68. The molecular weight excluding hydrogens is 290 g/mol. The van der Waals surface area contributed by atoms with Crippen molar-refractivity contribution < 1.29 is 24.5 Å². The number of hydrogen-bond donors (Lipinski definition) is 5. The summed E-state index contributed by atoms with van der Waals surface area (Å²) in [5.41, 5.74) is 0. The standard InChI is InChI=1S/C14H23N3O5/c1-4-5-15-11(18)6-9-12(19)13(20)10(22-9)7-16-14(21)17-8(2)3/h1,8-10,12-13,19-20H,5-7H2,2-3H3,(H,15,18)(H2,16,17,21). The predicted molar refractivity (Wildman–Crippen MR) is 78.8 cm³/mol. The number of ether oxygens (including phenoxy) is 1. The van der Waals surface area contributed by atoms with Gasteiger partial charge in [-0.2, -0.15) is 0 Å². The largest absolute Gasteiger partial charge is 0.388 e. The maximum absolute atomic E-state index is 11.5. The molecule has 1 fully saturated rings. The number of aliphatic hydroxyl groups excluding tert-OH is 2. The van der Waals surface area contributed by atoms with Crippen LogP contribution in [0.4, 0.5) is 4.79 Å². The van der Waals surface area contributed by atoms with Crippen LogP contribution in [0.5, 0.6) is 0 Å². The lowest BCUT2D eigenvalue weighted by molar-refractivity contribution is -0.124. The van der Waals surface area contributed by atoms with Crippen molar-refractivity contribution in [3.05, 3.63) is 0 Å². The highest BCUT2D eigenvalue weighted by Crippen LogP contribution is 2.23. The number of hydrogen-bond acceptors (Lipinski definition) is 5. The average Bonchev–Trinajstić information content (AvgIpc) is 2.70. The Hall–Kier alpha value is -1.82. The van der Waals surface area contributed by atoms with Crippen LogP contribution in [-0.4, -0.2) is 65.7 Å². The maximum atomic E-state index is 11.5. The molecule has 0 aromatic heterocycles. The number of urea groups is 1. The number of nitrogens with one attached hydrogen (secondary N) is 3. The molecule has 8 heteroatoms. The van der Waals surface area contributed by atoms with Crippen LogP contribution in [0.1, 0.15) is 20.3 Å². The summed E-state index contributed by atoms with van der Waals surface area (Å²) in [7, 11) is 0. The second-order valence-corrected chi connectivity index (χ2v) is 5.39. The van der Waals surface area contributed by atoms with E-state index in [9.17, 15) is 19.8 Å². The highest BCUT2D eigenvalue weighted by molar-refractivity contribution is 5.76. The normalized spacial score (nSPS) is 27.3. The minimum atomic E-state index is -1.20. The fourth-order valence-electron chi connectivity index (χ4n) is 2.07. The number of carbonyl (C=O) groups is 2. The van der Waals surface area contributed by atoms with E-state index in [1.54, 1.807) is 0 Å². The molecule has 1 rings (SSSR count). The van der Waals surface area contributed by atoms with Gasteiger partial charge >= 0.3 is 6.03 Å². The third kappa shape index (κ3) is 5.52. The van der Waals surface area contributed by atoms with E-state index in [0.29, 0.717) is 0 Å². The SMILES string of the molecule is C#CCNC(=O)CC1OC(CNC(=O)NC(C)C)C(O)C1O. The summed E-state index contributed by atoms with van der Waals surface area (Å²) in [6.45, 7) is 3.74. The van der Waals surface area contributed by atoms with Crippen LogP contribution < -0.4 is 16.0 Å². The highest BCUT2D eigenvalue weighted by Gasteiger charge is 2.43. The van der Waals surface area contributed by atoms with E-state index in [4.69, 9.17) is 11.2 Å². The van der Waals surface area contributed by atoms with E-state index in [1.807, 2.05) is 13.8 Å². The first-order valence-corrected chi connectivity index (χ1v) is 7.11. The molecule has 22 heavy (non-hydrogen) atoms. The highest BCUT2D eigenvalue weighted by atomic mass is 16.5. The lowest BCUT2D eigenvalue weighted by Crippen LogP contribution is -2.45. The third-order valence-electron chi connectivity index (χ3n) is 3.12. The van der Waals surface area contributed by atoms with Gasteiger partial charge in [0, 0.05) is 12.6 Å². The molecule has 124 valence electrons. The van der Waals surface area contributed by atoms with Gasteiger partial charge in [-0.15, -0.1) is 6.42 Å². The van der Waals surface area contributed by atoms with Crippen molar-refractivity contribution in [3.63, 3.8) is 0 Å². The molecule has 4 atom stereocenters. The van der Waals surface area contributed by atoms with Crippen LogP contribution in [0.25, 0.3) is 0 Å². The van der Waals surface area contributed by atoms with Gasteiger partial charge in [0.25, 0.3) is 0 Å². The number of amides is 3. The minimum Gasteiger partial charge on any atom is -0.388 e. The van der Waals surface area contributed by atoms with Gasteiger partial charge in [0.2, 0.25) is 5.91 Å². The van der Waals surface area contributed by atoms with Gasteiger partial charge in [0.05, 0.1) is 19.1 Å². The van der Waals surface area contributed by atoms with Crippen LogP contribution in [-0.2, 0) is 9.53 Å². The molecule has 0 saturated carbocycles. The summed E-state index contributed by atoms with van der Waals surface area (Å²) in [6, 6.07) is -0.414. The summed E-state index contributed by atoms with van der Waals surface area (Å²) in [6.07, 6.45) is 0.918. The van der Waals surface area contributed by atoms with Gasteiger partial charge in [-0.25, -0.2) is 4.79 Å². The smallest absolute Gasteiger partial charge is 0.315 e. The number of terminal acetylenes is 1. The van der Waals surface area contributed by atoms with Crippen molar-refractivity contribution in [3.8, 4) is 12.3 Å². The van der Waals surface area contributed by atoms with Crippen LogP contribution in [0.2, 0.25) is 0 Å². The Morgan fingerprint density at radius 1 is 1.23 bits per heavy atom. The Kier molecular flexibility index (Phi) is 7.11. The molecule has 1 heterocycles. The second kappa shape index (κ2) is 8.58. The van der Waals surface area contributed by atoms with Gasteiger partial charge in [0.15, 0.2) is 0 Å². The quantitative estimate of drug-likeness (QED) is 0.375. The topological polar surface area (TPSA) is 120 Å². The van der Waals surface area contributed by atoms with Gasteiger partial charge < -0.3 is 30.9 Å². The fraction of sp³-hybridized carbons (Fsp3) is 0.714. The second-order valence-electron chi connectivity index (χ2n) is 5.39. The molecule has 8 nitrogen and oxygen atoms in total. The van der Waals surface area contributed by atoms with Crippen molar-refractivity contribution in [2.75, 3.05) is 13.1 Å². The number of carbonyl (C=O) groups excluding carboxylic acids is 2. The molecule has 1 aliphatic rings. The van der Waals surface area contributed by atoms with Crippen LogP contribution in [0.3, 0.4) is 0 Å². The number of aliphatic hydroxyl groups is 2. The van der Waals surface area contributed by atoms with E-state index < -0.39 is 30.4 Å². The summed E-state index contributed by atoms with van der Waals surface area (Å²) in [5.74, 6) is 1.89. The Balaban J connectivity index is 2.43. The van der Waals surface area contributed by atoms with Gasteiger partial charge in [-0.05, 0) is 13.8 Å². The molecular formula is C14H23N3O5. The molecule has 1 aliphatic heterocycles. The molecule has 1 saturated heterocycles. The first kappa shape index (κ1) is 18.2. The fourth-order valence-corrected chi connectivity index (χ4v) is 2.07. The lowest BCUT2D eigenvalue weighted by Gasteiger charge is -2.16. The van der Waals surface area contributed by atoms with Gasteiger partial charge in [-0.3, -0.25) is 4.79 Å². The molecule has 4 unspecified atom stereocenters. The Morgan fingerprint density at radius 2 is 1.86 bits per heavy atom. The van der Waals surface area contributed by atoms with E-state index in [0.717, 1.165) is 0 Å². The molecule has 0 radical (unpaired) electrons. The summed E-state index contributed by atoms with van der Waals surface area (Å²) in [4.78, 5) is 23.0. The first-order valence-electron chi connectivity index (χ1n) is 7.11. The average molecular weight is 313 g/mol. The molecule has 5 N–H and O–H groups in total. The summed E-state index contributed by atoms with van der Waals surface area (Å²) < 4.78 is 5.44. The third-order valence-corrected chi connectivity index (χ3v) is 3.12. The van der Waals surface area contributed by atoms with Crippen molar-refractivity contribution in [2.45, 2.75) is 50.7 Å². The van der Waals surface area contributed by atoms with Gasteiger partial charge in [-0.1, -0.05) is 5.92 Å². The Morgan fingerprint density at radius 3 is 2.45 bits per heavy atom. The maximum Gasteiger partial charge on any atom is 0.315 e. The van der Waals surface area contributed by atoms with Crippen molar-refractivity contribution >= 4 is 11.9 Å². The van der Waals surface area contributed by atoms with E-state index in [-0.39, 0.29) is 31.5 Å². The summed E-state index contributed by atoms with van der Waals surface area (Å²) in [5, 5.41) is 27.4. The van der Waals surface area contributed by atoms with Crippen molar-refractivity contribution in [1.29, 1.82) is 0 Å². The van der Waals surface area contributed by atoms with Crippen molar-refractivity contribution in [1.82, 2.24) is 16.0 Å².